The largest absolute Gasteiger partial charge is 0.380 e. The molecule has 92 valence electrons. The Kier molecular flexibility index (Phi) is 4.30. The number of hydrogen-bond acceptors (Lipinski definition) is 2. The zero-order valence-electron chi connectivity index (χ0n) is 9.74. The molecular formula is C13H11BrIN3. The summed E-state index contributed by atoms with van der Waals surface area (Å²) in [6.45, 7) is 0.703. The molecule has 0 unspecified atom stereocenters. The van der Waals surface area contributed by atoms with Gasteiger partial charge < -0.3 is 9.88 Å². The van der Waals surface area contributed by atoms with E-state index < -0.39 is 0 Å². The molecular weight excluding hydrogens is 405 g/mol. The normalized spacial score (nSPS) is 10.1. The van der Waals surface area contributed by atoms with Crippen LogP contribution in [0, 0.1) is 14.9 Å². The van der Waals surface area contributed by atoms with Crippen LogP contribution in [0.15, 0.2) is 34.9 Å². The third-order valence-corrected chi connectivity index (χ3v) is 3.92. The van der Waals surface area contributed by atoms with Gasteiger partial charge in [-0.05, 0) is 68.3 Å². The van der Waals surface area contributed by atoms with E-state index >= 15 is 0 Å². The summed E-state index contributed by atoms with van der Waals surface area (Å²) in [5.41, 5.74) is 2.82. The smallest absolute Gasteiger partial charge is 0.120 e. The Balaban J connectivity index is 2.09. The summed E-state index contributed by atoms with van der Waals surface area (Å²) in [6, 6.07) is 10.2. The Morgan fingerprint density at radius 3 is 2.83 bits per heavy atom. The summed E-state index contributed by atoms with van der Waals surface area (Å²) in [6.07, 6.45) is 1.96. The summed E-state index contributed by atoms with van der Waals surface area (Å²) >= 11 is 5.81. The molecule has 0 aliphatic carbocycles. The second-order valence-corrected chi connectivity index (χ2v) is 6.03. The van der Waals surface area contributed by atoms with Crippen molar-refractivity contribution in [3.8, 4) is 6.07 Å². The average Bonchev–Trinajstić information content (AvgIpc) is 2.69. The van der Waals surface area contributed by atoms with Crippen molar-refractivity contribution in [2.45, 2.75) is 6.54 Å². The first-order valence-electron chi connectivity index (χ1n) is 5.34. The lowest BCUT2D eigenvalue weighted by molar-refractivity contribution is 0.902. The molecule has 0 atom stereocenters. The van der Waals surface area contributed by atoms with Gasteiger partial charge in [0.15, 0.2) is 0 Å². The van der Waals surface area contributed by atoms with E-state index in [0.29, 0.717) is 12.2 Å². The second-order valence-electron chi connectivity index (χ2n) is 3.93. The third-order valence-electron chi connectivity index (χ3n) is 2.59. The molecule has 1 N–H and O–H groups in total. The first kappa shape index (κ1) is 13.4. The van der Waals surface area contributed by atoms with Gasteiger partial charge in [0.25, 0.3) is 0 Å². The van der Waals surface area contributed by atoms with Crippen molar-refractivity contribution in [3.63, 3.8) is 0 Å². The molecule has 0 bridgehead atoms. The van der Waals surface area contributed by atoms with Crippen LogP contribution < -0.4 is 5.32 Å². The van der Waals surface area contributed by atoms with Gasteiger partial charge in [0, 0.05) is 33.5 Å². The van der Waals surface area contributed by atoms with Crippen LogP contribution in [-0.4, -0.2) is 4.57 Å². The van der Waals surface area contributed by atoms with Crippen LogP contribution in [0.2, 0.25) is 0 Å². The number of anilines is 1. The van der Waals surface area contributed by atoms with Gasteiger partial charge in [-0.1, -0.05) is 0 Å². The predicted molar refractivity (Wildman–Crippen MR) is 84.3 cm³/mol. The summed E-state index contributed by atoms with van der Waals surface area (Å²) in [5, 5.41) is 12.2. The maximum absolute atomic E-state index is 8.89. The number of nitrogens with one attached hydrogen (secondary N) is 1. The number of halogens is 2. The Morgan fingerprint density at radius 2 is 2.22 bits per heavy atom. The fraction of sp³-hybridized carbons (Fsp3) is 0.154. The molecule has 0 aliphatic heterocycles. The standard InChI is InChI=1S/C13H11BrIN3/c1-18-8-9(4-11(18)6-16)7-17-13-3-2-10(15)5-12(13)14/h2-5,8,17H,7H2,1H3. The fourth-order valence-corrected chi connectivity index (χ4v) is 3.11. The highest BCUT2D eigenvalue weighted by Gasteiger charge is 2.04. The van der Waals surface area contributed by atoms with Crippen LogP contribution in [-0.2, 0) is 13.6 Å². The fourth-order valence-electron chi connectivity index (χ4n) is 1.67. The van der Waals surface area contributed by atoms with Gasteiger partial charge >= 0.3 is 0 Å². The maximum atomic E-state index is 8.89. The van der Waals surface area contributed by atoms with E-state index in [9.17, 15) is 0 Å². The maximum Gasteiger partial charge on any atom is 0.120 e. The first-order valence-corrected chi connectivity index (χ1v) is 7.21. The van der Waals surface area contributed by atoms with Gasteiger partial charge in [-0.2, -0.15) is 5.26 Å². The lowest BCUT2D eigenvalue weighted by atomic mass is 10.3. The number of aryl methyl sites for hydroxylation is 1. The van der Waals surface area contributed by atoms with Gasteiger partial charge in [-0.3, -0.25) is 0 Å². The van der Waals surface area contributed by atoms with Crippen molar-refractivity contribution in [2.24, 2.45) is 7.05 Å². The Bertz CT molecular complexity index is 613. The highest BCUT2D eigenvalue weighted by Crippen LogP contribution is 2.25. The molecule has 0 saturated carbocycles. The highest BCUT2D eigenvalue weighted by atomic mass is 127. The van der Waals surface area contributed by atoms with E-state index in [4.69, 9.17) is 5.26 Å². The van der Waals surface area contributed by atoms with Crippen molar-refractivity contribution in [2.75, 3.05) is 5.32 Å². The molecule has 0 spiro atoms. The Hall–Kier alpha value is -1.00. The molecule has 0 aliphatic rings. The molecule has 1 aromatic heterocycles. The summed E-state index contributed by atoms with van der Waals surface area (Å²) in [5.74, 6) is 0. The molecule has 0 radical (unpaired) electrons. The number of rotatable bonds is 3. The van der Waals surface area contributed by atoms with E-state index in [2.05, 4.69) is 62.0 Å². The molecule has 3 nitrogen and oxygen atoms in total. The summed E-state index contributed by atoms with van der Waals surface area (Å²) in [7, 11) is 1.88. The molecule has 18 heavy (non-hydrogen) atoms. The molecule has 1 heterocycles. The second kappa shape index (κ2) is 5.76. The Morgan fingerprint density at radius 1 is 1.44 bits per heavy atom. The highest BCUT2D eigenvalue weighted by molar-refractivity contribution is 14.1. The van der Waals surface area contributed by atoms with Gasteiger partial charge in [-0.25, -0.2) is 0 Å². The lowest BCUT2D eigenvalue weighted by Gasteiger charge is -2.07. The average molecular weight is 416 g/mol. The van der Waals surface area contributed by atoms with Crippen LogP contribution in [0.3, 0.4) is 0 Å². The topological polar surface area (TPSA) is 40.8 Å². The van der Waals surface area contributed by atoms with Crippen LogP contribution in [0.25, 0.3) is 0 Å². The summed E-state index contributed by atoms with van der Waals surface area (Å²) in [4.78, 5) is 0. The zero-order chi connectivity index (χ0) is 13.1. The van der Waals surface area contributed by atoms with Gasteiger partial charge in [-0.15, -0.1) is 0 Å². The minimum absolute atomic E-state index is 0.675. The van der Waals surface area contributed by atoms with E-state index in [0.717, 1.165) is 15.7 Å². The first-order chi connectivity index (χ1) is 8.60. The third kappa shape index (κ3) is 3.06. The van der Waals surface area contributed by atoms with Crippen LogP contribution in [0.4, 0.5) is 5.69 Å². The Labute approximate surface area is 128 Å². The summed E-state index contributed by atoms with van der Waals surface area (Å²) < 4.78 is 4.07. The number of nitriles is 1. The number of aromatic nitrogens is 1. The van der Waals surface area contributed by atoms with Crippen LogP contribution >= 0.6 is 38.5 Å². The van der Waals surface area contributed by atoms with E-state index in [1.807, 2.05) is 29.9 Å². The molecule has 2 aromatic rings. The van der Waals surface area contributed by atoms with Crippen molar-refractivity contribution in [3.05, 3.63) is 49.8 Å². The lowest BCUT2D eigenvalue weighted by Crippen LogP contribution is -1.99. The van der Waals surface area contributed by atoms with Crippen molar-refractivity contribution >= 4 is 44.2 Å². The quantitative estimate of drug-likeness (QED) is 0.773. The van der Waals surface area contributed by atoms with Crippen molar-refractivity contribution in [1.29, 1.82) is 5.26 Å². The minimum Gasteiger partial charge on any atom is -0.380 e. The zero-order valence-corrected chi connectivity index (χ0v) is 13.5. The molecule has 2 rings (SSSR count). The molecule has 5 heteroatoms. The number of benzene rings is 1. The number of hydrogen-bond donors (Lipinski definition) is 1. The minimum atomic E-state index is 0.675. The van der Waals surface area contributed by atoms with Gasteiger partial charge in [0.05, 0.1) is 0 Å². The van der Waals surface area contributed by atoms with Gasteiger partial charge in [0.1, 0.15) is 11.8 Å². The molecule has 0 saturated heterocycles. The molecule has 0 amide bonds. The van der Waals surface area contributed by atoms with Crippen molar-refractivity contribution < 1.29 is 0 Å². The molecule has 0 fully saturated rings. The van der Waals surface area contributed by atoms with E-state index in [1.165, 1.54) is 3.57 Å². The van der Waals surface area contributed by atoms with E-state index in [1.54, 1.807) is 0 Å². The predicted octanol–water partition coefficient (Wildman–Crippen LogP) is 3.88. The number of nitrogens with zero attached hydrogens (tertiary/aromatic N) is 2. The van der Waals surface area contributed by atoms with Gasteiger partial charge in [0.2, 0.25) is 0 Å². The molecule has 1 aromatic carbocycles. The van der Waals surface area contributed by atoms with Crippen LogP contribution in [0.1, 0.15) is 11.3 Å². The monoisotopic (exact) mass is 415 g/mol. The van der Waals surface area contributed by atoms with Crippen LogP contribution in [0.5, 0.6) is 0 Å². The van der Waals surface area contributed by atoms with E-state index in [-0.39, 0.29) is 0 Å². The van der Waals surface area contributed by atoms with Crippen molar-refractivity contribution in [1.82, 2.24) is 4.57 Å². The SMILES string of the molecule is Cn1cc(CNc2ccc(I)cc2Br)cc1C#N.